The van der Waals surface area contributed by atoms with Crippen LogP contribution in [0.15, 0.2) is 30.3 Å². The molecule has 5 heteroatoms. The van der Waals surface area contributed by atoms with Crippen molar-refractivity contribution in [1.82, 2.24) is 0 Å². The highest BCUT2D eigenvalue weighted by Gasteiger charge is 2.28. The topological polar surface area (TPSA) is 76.4 Å². The quantitative estimate of drug-likeness (QED) is 0.820. The fraction of sp³-hybridized carbons (Fsp3) is 0.391. The Morgan fingerprint density at radius 3 is 2.61 bits per heavy atom. The minimum Gasteiger partial charge on any atom is -0.478 e. The number of rotatable bonds is 4. The molecule has 28 heavy (non-hydrogen) atoms. The lowest BCUT2D eigenvalue weighted by Gasteiger charge is -2.40. The lowest BCUT2D eigenvalue weighted by molar-refractivity contribution is 0.0695. The van der Waals surface area contributed by atoms with Gasteiger partial charge in [-0.3, -0.25) is 0 Å². The van der Waals surface area contributed by atoms with E-state index in [2.05, 4.69) is 23.2 Å². The first-order valence-electron chi connectivity index (χ1n) is 9.68. The first kappa shape index (κ1) is 19.8. The summed E-state index contributed by atoms with van der Waals surface area (Å²) in [6.07, 6.45) is 0.927. The number of para-hydroxylation sites is 1. The summed E-state index contributed by atoms with van der Waals surface area (Å²) in [7, 11) is 0. The van der Waals surface area contributed by atoms with Gasteiger partial charge in [0, 0.05) is 24.8 Å². The molecule has 5 nitrogen and oxygen atoms in total. The summed E-state index contributed by atoms with van der Waals surface area (Å²) in [4.78, 5) is 13.9. The lowest BCUT2D eigenvalue weighted by Crippen LogP contribution is -2.45. The molecule has 1 aliphatic rings. The Kier molecular flexibility index (Phi) is 5.60. The minimum absolute atomic E-state index is 0.257. The molecule has 2 aromatic rings. The molecule has 0 aliphatic carbocycles. The molecule has 2 atom stereocenters. The van der Waals surface area contributed by atoms with Gasteiger partial charge < -0.3 is 15.3 Å². The van der Waals surface area contributed by atoms with Crippen LogP contribution in [0.25, 0.3) is 0 Å². The van der Waals surface area contributed by atoms with Crippen LogP contribution in [0.2, 0.25) is 0 Å². The number of aryl methyl sites for hydroxylation is 2. The van der Waals surface area contributed by atoms with Gasteiger partial charge in [-0.15, -0.1) is 0 Å². The Labute approximate surface area is 166 Å². The van der Waals surface area contributed by atoms with E-state index in [0.717, 1.165) is 47.6 Å². The summed E-state index contributed by atoms with van der Waals surface area (Å²) < 4.78 is 0. The normalized spacial score (nSPS) is 19.2. The van der Waals surface area contributed by atoms with Gasteiger partial charge in [0.1, 0.15) is 6.07 Å². The number of nitriles is 1. The third-order valence-electron chi connectivity index (χ3n) is 5.79. The second-order valence-corrected chi connectivity index (χ2v) is 7.78. The molecule has 3 rings (SSSR count). The summed E-state index contributed by atoms with van der Waals surface area (Å²) in [6.45, 7) is 9.67. The minimum atomic E-state index is -0.881. The highest BCUT2D eigenvalue weighted by Crippen LogP contribution is 2.32. The van der Waals surface area contributed by atoms with Gasteiger partial charge in [0.2, 0.25) is 0 Å². The Hall–Kier alpha value is -3.00. The maximum Gasteiger partial charge on any atom is 0.336 e. The number of carboxylic acid groups (broad SMARTS) is 1. The molecule has 0 saturated carbocycles. The van der Waals surface area contributed by atoms with Crippen molar-refractivity contribution in [1.29, 1.82) is 5.26 Å². The maximum atomic E-state index is 11.7. The number of piperidine rings is 1. The molecular weight excluding hydrogens is 350 g/mol. The fourth-order valence-corrected chi connectivity index (χ4v) is 4.34. The highest BCUT2D eigenvalue weighted by atomic mass is 16.4. The van der Waals surface area contributed by atoms with Crippen molar-refractivity contribution in [3.8, 4) is 6.07 Å². The summed E-state index contributed by atoms with van der Waals surface area (Å²) in [5.41, 5.74) is 5.69. The van der Waals surface area contributed by atoms with Crippen LogP contribution < -0.4 is 10.2 Å². The van der Waals surface area contributed by atoms with Gasteiger partial charge in [-0.05, 0) is 61.9 Å². The smallest absolute Gasteiger partial charge is 0.336 e. The summed E-state index contributed by atoms with van der Waals surface area (Å²) >= 11 is 0. The maximum absolute atomic E-state index is 11.7. The standard InChI is InChI=1S/C23H27N3O2/c1-14-11-15(2)22(17(4)21(14)23(27)28)25-19-9-10-26(13-16(19)3)20-8-6-5-7-18(20)12-24/h5-8,11,16,19,25H,9-10,13H2,1-4H3,(H,27,28)/t16-,19-/m0/s1. The van der Waals surface area contributed by atoms with E-state index >= 15 is 0 Å². The van der Waals surface area contributed by atoms with Gasteiger partial charge in [0.25, 0.3) is 0 Å². The van der Waals surface area contributed by atoms with Gasteiger partial charge in [0.05, 0.1) is 16.8 Å². The van der Waals surface area contributed by atoms with Gasteiger partial charge >= 0.3 is 5.97 Å². The van der Waals surface area contributed by atoms with Crippen molar-refractivity contribution in [2.45, 2.75) is 40.2 Å². The van der Waals surface area contributed by atoms with Gasteiger partial charge in [0.15, 0.2) is 0 Å². The van der Waals surface area contributed by atoms with Gasteiger partial charge in [-0.25, -0.2) is 4.79 Å². The van der Waals surface area contributed by atoms with Crippen LogP contribution in [-0.4, -0.2) is 30.2 Å². The lowest BCUT2D eigenvalue weighted by atomic mass is 9.91. The number of nitrogens with zero attached hydrogens (tertiary/aromatic N) is 2. The van der Waals surface area contributed by atoms with Crippen LogP contribution in [0.4, 0.5) is 11.4 Å². The SMILES string of the molecule is Cc1cc(C)c(C(=O)O)c(C)c1N[C@H]1CCN(c2ccccc2C#N)C[C@@H]1C. The second-order valence-electron chi connectivity index (χ2n) is 7.78. The zero-order chi connectivity index (χ0) is 20.4. The molecule has 1 aliphatic heterocycles. The van der Waals surface area contributed by atoms with Crippen LogP contribution >= 0.6 is 0 Å². The number of nitrogens with one attached hydrogen (secondary N) is 1. The molecule has 1 fully saturated rings. The molecule has 2 aromatic carbocycles. The Morgan fingerprint density at radius 2 is 1.96 bits per heavy atom. The summed E-state index contributed by atoms with van der Waals surface area (Å²) in [5, 5.41) is 22.6. The van der Waals surface area contributed by atoms with E-state index in [-0.39, 0.29) is 6.04 Å². The largest absolute Gasteiger partial charge is 0.478 e. The first-order chi connectivity index (χ1) is 13.3. The number of hydrogen-bond donors (Lipinski definition) is 2. The van der Waals surface area contributed by atoms with Crippen LogP contribution in [0.3, 0.4) is 0 Å². The molecule has 2 N–H and O–H groups in total. The van der Waals surface area contributed by atoms with Crippen molar-refractivity contribution in [3.05, 3.63) is 58.1 Å². The molecule has 1 heterocycles. The summed E-state index contributed by atoms with van der Waals surface area (Å²) in [5.74, 6) is -0.525. The van der Waals surface area contributed by atoms with Crippen molar-refractivity contribution in [2.75, 3.05) is 23.3 Å². The van der Waals surface area contributed by atoms with Crippen LogP contribution in [0.5, 0.6) is 0 Å². The van der Waals surface area contributed by atoms with E-state index in [4.69, 9.17) is 0 Å². The van der Waals surface area contributed by atoms with Crippen molar-refractivity contribution < 1.29 is 9.90 Å². The van der Waals surface area contributed by atoms with Crippen molar-refractivity contribution in [2.24, 2.45) is 5.92 Å². The van der Waals surface area contributed by atoms with Gasteiger partial charge in [-0.1, -0.05) is 25.1 Å². The number of hydrogen-bond acceptors (Lipinski definition) is 4. The number of carboxylic acids is 1. The molecule has 1 saturated heterocycles. The molecule has 0 spiro atoms. The Morgan fingerprint density at radius 1 is 1.25 bits per heavy atom. The van der Waals surface area contributed by atoms with Crippen LogP contribution in [0.1, 0.15) is 46.0 Å². The number of carbonyl (C=O) groups is 1. The predicted octanol–water partition coefficient (Wildman–Crippen LogP) is 4.51. The zero-order valence-electron chi connectivity index (χ0n) is 16.9. The van der Waals surface area contributed by atoms with E-state index in [1.165, 1.54) is 0 Å². The van der Waals surface area contributed by atoms with Crippen molar-refractivity contribution >= 4 is 17.3 Å². The fourth-order valence-electron chi connectivity index (χ4n) is 4.34. The van der Waals surface area contributed by atoms with Gasteiger partial charge in [-0.2, -0.15) is 5.26 Å². The first-order valence-corrected chi connectivity index (χ1v) is 9.68. The van der Waals surface area contributed by atoms with E-state index in [1.807, 2.05) is 51.1 Å². The molecule has 0 unspecified atom stereocenters. The number of anilines is 2. The highest BCUT2D eigenvalue weighted by molar-refractivity contribution is 5.93. The molecule has 0 bridgehead atoms. The molecule has 0 aromatic heterocycles. The van der Waals surface area contributed by atoms with Crippen LogP contribution in [-0.2, 0) is 0 Å². The third kappa shape index (κ3) is 3.68. The average Bonchev–Trinajstić information content (AvgIpc) is 2.65. The molecule has 0 amide bonds. The molecule has 146 valence electrons. The van der Waals surface area contributed by atoms with E-state index in [0.29, 0.717) is 17.0 Å². The van der Waals surface area contributed by atoms with Crippen molar-refractivity contribution in [3.63, 3.8) is 0 Å². The Balaban J connectivity index is 1.81. The Bertz CT molecular complexity index is 946. The second kappa shape index (κ2) is 7.93. The average molecular weight is 377 g/mol. The number of aromatic carboxylic acids is 1. The van der Waals surface area contributed by atoms with Crippen LogP contribution in [0, 0.1) is 38.0 Å². The monoisotopic (exact) mass is 377 g/mol. The zero-order valence-corrected chi connectivity index (χ0v) is 16.9. The van der Waals surface area contributed by atoms with E-state index in [9.17, 15) is 15.2 Å². The molecular formula is C23H27N3O2. The van der Waals surface area contributed by atoms with E-state index < -0.39 is 5.97 Å². The predicted molar refractivity (Wildman–Crippen MR) is 112 cm³/mol. The number of benzene rings is 2. The van der Waals surface area contributed by atoms with E-state index in [1.54, 1.807) is 0 Å². The summed E-state index contributed by atoms with van der Waals surface area (Å²) in [6, 6.07) is 12.2. The third-order valence-corrected chi connectivity index (χ3v) is 5.79. The molecule has 0 radical (unpaired) electrons.